The number of likely N-dealkylation sites (tertiary alicyclic amines) is 1. The molecule has 200 valence electrons. The second-order valence-corrected chi connectivity index (χ2v) is 11.9. The number of amides is 1. The number of benzene rings is 1. The Bertz CT molecular complexity index is 1040. The van der Waals surface area contributed by atoms with Crippen molar-refractivity contribution in [3.05, 3.63) is 48.2 Å². The molecule has 2 aromatic rings. The van der Waals surface area contributed by atoms with Crippen molar-refractivity contribution in [1.82, 2.24) is 14.8 Å². The first kappa shape index (κ1) is 26.0. The third-order valence-electron chi connectivity index (χ3n) is 8.44. The summed E-state index contributed by atoms with van der Waals surface area (Å²) in [6.07, 6.45) is 11.9. The van der Waals surface area contributed by atoms with Gasteiger partial charge in [-0.05, 0) is 68.7 Å². The number of piperidine rings is 1. The summed E-state index contributed by atoms with van der Waals surface area (Å²) in [5.41, 5.74) is 1.16. The summed E-state index contributed by atoms with van der Waals surface area (Å²) in [6, 6.07) is 12.5. The first-order valence-corrected chi connectivity index (χ1v) is 14.3. The van der Waals surface area contributed by atoms with Gasteiger partial charge in [0.1, 0.15) is 0 Å². The molecule has 2 aliphatic heterocycles. The molecular weight excluding hydrogens is 462 g/mol. The van der Waals surface area contributed by atoms with Crippen molar-refractivity contribution in [2.75, 3.05) is 26.2 Å². The van der Waals surface area contributed by atoms with E-state index in [-0.39, 0.29) is 11.3 Å². The highest BCUT2D eigenvalue weighted by atomic mass is 16.5. The Hall–Kier alpha value is -2.60. The highest BCUT2D eigenvalue weighted by molar-refractivity contribution is 5.79. The van der Waals surface area contributed by atoms with E-state index in [1.165, 1.54) is 19.3 Å². The van der Waals surface area contributed by atoms with Crippen LogP contribution in [-0.4, -0.2) is 53.0 Å². The standard InChI is InChI=1S/C31H43N3O3/c1-31(2)17-9-19-34(26-15-20-33(21-16-26)30(35)24-10-4-3-5-11-24)22-25-12-8-18-32-29(25)37-28-14-7-6-13-27(28)36-23-31/h6-8,12-14,18,24,26H,3-5,9-11,15-17,19-23H2,1-2H3. The molecule has 5 rings (SSSR count). The van der Waals surface area contributed by atoms with Crippen LogP contribution in [-0.2, 0) is 11.3 Å². The number of fused-ring (bicyclic) bond motifs is 2. The molecule has 1 aliphatic carbocycles. The van der Waals surface area contributed by atoms with Crippen LogP contribution < -0.4 is 9.47 Å². The first-order valence-electron chi connectivity index (χ1n) is 14.3. The zero-order valence-corrected chi connectivity index (χ0v) is 22.7. The van der Waals surface area contributed by atoms with E-state index in [0.717, 1.165) is 76.0 Å². The lowest BCUT2D eigenvalue weighted by molar-refractivity contribution is -0.138. The average Bonchev–Trinajstić information content (AvgIpc) is 2.93. The SMILES string of the molecule is CC1(C)CCCN(C2CCN(C(=O)C3CCCCC3)CC2)Cc2cccnc2Oc2ccccc2OC1. The van der Waals surface area contributed by atoms with Crippen molar-refractivity contribution < 1.29 is 14.3 Å². The van der Waals surface area contributed by atoms with Gasteiger partial charge in [0.25, 0.3) is 0 Å². The molecule has 0 N–H and O–H groups in total. The van der Waals surface area contributed by atoms with Crippen LogP contribution in [0.4, 0.5) is 0 Å². The molecule has 3 aliphatic rings. The molecule has 1 saturated heterocycles. The zero-order valence-electron chi connectivity index (χ0n) is 22.7. The second kappa shape index (κ2) is 11.8. The van der Waals surface area contributed by atoms with Gasteiger partial charge in [-0.2, -0.15) is 0 Å². The van der Waals surface area contributed by atoms with Crippen LogP contribution in [0.2, 0.25) is 0 Å². The van der Waals surface area contributed by atoms with E-state index >= 15 is 0 Å². The number of para-hydroxylation sites is 2. The molecule has 0 unspecified atom stereocenters. The first-order chi connectivity index (χ1) is 18.0. The molecule has 0 radical (unpaired) electrons. The third-order valence-corrected chi connectivity index (χ3v) is 8.44. The van der Waals surface area contributed by atoms with Crippen LogP contribution in [0.25, 0.3) is 0 Å². The molecule has 0 spiro atoms. The van der Waals surface area contributed by atoms with Gasteiger partial charge in [0, 0.05) is 43.4 Å². The van der Waals surface area contributed by atoms with E-state index in [2.05, 4.69) is 34.7 Å². The van der Waals surface area contributed by atoms with Crippen molar-refractivity contribution in [3.63, 3.8) is 0 Å². The lowest BCUT2D eigenvalue weighted by atomic mass is 9.87. The summed E-state index contributed by atoms with van der Waals surface area (Å²) in [5, 5.41) is 0. The normalized spacial score (nSPS) is 22.3. The summed E-state index contributed by atoms with van der Waals surface area (Å²) in [4.78, 5) is 22.5. The minimum Gasteiger partial charge on any atom is -0.489 e. The molecule has 6 nitrogen and oxygen atoms in total. The summed E-state index contributed by atoms with van der Waals surface area (Å²) >= 11 is 0. The molecule has 1 aromatic carbocycles. The van der Waals surface area contributed by atoms with E-state index in [1.54, 1.807) is 6.20 Å². The number of hydrogen-bond acceptors (Lipinski definition) is 5. The molecule has 0 atom stereocenters. The van der Waals surface area contributed by atoms with Crippen molar-refractivity contribution in [2.24, 2.45) is 11.3 Å². The smallest absolute Gasteiger partial charge is 0.225 e. The van der Waals surface area contributed by atoms with Gasteiger partial charge in [-0.3, -0.25) is 9.69 Å². The van der Waals surface area contributed by atoms with Crippen LogP contribution in [0.1, 0.15) is 77.2 Å². The third kappa shape index (κ3) is 6.64. The lowest BCUT2D eigenvalue weighted by Gasteiger charge is -2.40. The van der Waals surface area contributed by atoms with Crippen molar-refractivity contribution >= 4 is 5.91 Å². The monoisotopic (exact) mass is 505 g/mol. The predicted octanol–water partition coefficient (Wildman–Crippen LogP) is 6.45. The van der Waals surface area contributed by atoms with E-state index in [9.17, 15) is 4.79 Å². The number of carbonyl (C=O) groups is 1. The summed E-state index contributed by atoms with van der Waals surface area (Å²) in [5.74, 6) is 2.79. The number of aromatic nitrogens is 1. The van der Waals surface area contributed by atoms with E-state index in [1.807, 2.05) is 30.3 Å². The molecule has 1 aromatic heterocycles. The Morgan fingerprint density at radius 3 is 2.46 bits per heavy atom. The van der Waals surface area contributed by atoms with Crippen LogP contribution in [0, 0.1) is 11.3 Å². The van der Waals surface area contributed by atoms with Crippen LogP contribution in [0.3, 0.4) is 0 Å². The summed E-state index contributed by atoms with van der Waals surface area (Å²) < 4.78 is 12.6. The Labute approximate surface area is 222 Å². The number of pyridine rings is 1. The molecule has 1 saturated carbocycles. The summed E-state index contributed by atoms with van der Waals surface area (Å²) in [6.45, 7) is 8.78. The van der Waals surface area contributed by atoms with Crippen LogP contribution in [0.5, 0.6) is 17.4 Å². The fourth-order valence-electron chi connectivity index (χ4n) is 6.17. The number of ether oxygens (including phenoxy) is 2. The minimum absolute atomic E-state index is 0.0632. The highest BCUT2D eigenvalue weighted by Crippen LogP contribution is 2.35. The topological polar surface area (TPSA) is 54.9 Å². The molecule has 6 heteroatoms. The maximum Gasteiger partial charge on any atom is 0.225 e. The molecule has 1 amide bonds. The minimum atomic E-state index is 0.0632. The van der Waals surface area contributed by atoms with Gasteiger partial charge < -0.3 is 14.4 Å². The Kier molecular flexibility index (Phi) is 8.33. The quantitative estimate of drug-likeness (QED) is 0.470. The zero-order chi connectivity index (χ0) is 25.7. The van der Waals surface area contributed by atoms with E-state index < -0.39 is 0 Å². The average molecular weight is 506 g/mol. The molecule has 37 heavy (non-hydrogen) atoms. The number of carbonyl (C=O) groups excluding carboxylic acids is 1. The largest absolute Gasteiger partial charge is 0.489 e. The van der Waals surface area contributed by atoms with Crippen molar-refractivity contribution in [1.29, 1.82) is 0 Å². The van der Waals surface area contributed by atoms with Crippen molar-refractivity contribution in [2.45, 2.75) is 84.2 Å². The number of hydrogen-bond donors (Lipinski definition) is 0. The van der Waals surface area contributed by atoms with Crippen molar-refractivity contribution in [3.8, 4) is 17.4 Å². The summed E-state index contributed by atoms with van der Waals surface area (Å²) in [7, 11) is 0. The van der Waals surface area contributed by atoms with Crippen LogP contribution in [0.15, 0.2) is 42.6 Å². The van der Waals surface area contributed by atoms with Gasteiger partial charge in [0.15, 0.2) is 11.5 Å². The predicted molar refractivity (Wildman–Crippen MR) is 146 cm³/mol. The highest BCUT2D eigenvalue weighted by Gasteiger charge is 2.32. The molecule has 3 heterocycles. The Morgan fingerprint density at radius 1 is 0.919 bits per heavy atom. The van der Waals surface area contributed by atoms with Crippen LogP contribution >= 0.6 is 0 Å². The van der Waals surface area contributed by atoms with E-state index in [4.69, 9.17) is 9.47 Å². The molecule has 2 fully saturated rings. The van der Waals surface area contributed by atoms with E-state index in [0.29, 0.717) is 30.2 Å². The van der Waals surface area contributed by atoms with Gasteiger partial charge in [0.05, 0.1) is 6.61 Å². The Morgan fingerprint density at radius 2 is 1.68 bits per heavy atom. The number of rotatable bonds is 2. The van der Waals surface area contributed by atoms with Gasteiger partial charge >= 0.3 is 0 Å². The maximum atomic E-state index is 13.1. The van der Waals surface area contributed by atoms with Gasteiger partial charge in [-0.1, -0.05) is 51.3 Å². The molecule has 0 bridgehead atoms. The lowest BCUT2D eigenvalue weighted by Crippen LogP contribution is -2.48. The fraction of sp³-hybridized carbons (Fsp3) is 0.613. The maximum absolute atomic E-state index is 13.1. The molecular formula is C31H43N3O3. The number of nitrogens with zero attached hydrogens (tertiary/aromatic N) is 3. The second-order valence-electron chi connectivity index (χ2n) is 11.9. The fourth-order valence-corrected chi connectivity index (χ4v) is 6.17. The Balaban J connectivity index is 1.32. The van der Waals surface area contributed by atoms with Gasteiger partial charge in [-0.15, -0.1) is 0 Å². The van der Waals surface area contributed by atoms with Gasteiger partial charge in [0.2, 0.25) is 11.8 Å². The van der Waals surface area contributed by atoms with Gasteiger partial charge in [-0.25, -0.2) is 4.98 Å².